The summed E-state index contributed by atoms with van der Waals surface area (Å²) >= 11 is 0. The van der Waals surface area contributed by atoms with Gasteiger partial charge in [-0.05, 0) is 42.3 Å². The molecule has 0 aliphatic heterocycles. The lowest BCUT2D eigenvalue weighted by molar-refractivity contribution is 0.416. The predicted octanol–water partition coefficient (Wildman–Crippen LogP) is 4.74. The van der Waals surface area contributed by atoms with Crippen LogP contribution in [0.4, 0.5) is 5.82 Å². The second-order valence-corrected chi connectivity index (χ2v) is 8.22. The molecule has 2 aromatic carbocycles. The summed E-state index contributed by atoms with van der Waals surface area (Å²) in [5.74, 6) is 2.03. The molecule has 5 rings (SSSR count). The Labute approximate surface area is 204 Å². The quantitative estimate of drug-likeness (QED) is 0.343. The van der Waals surface area contributed by atoms with Gasteiger partial charge in [0.25, 0.3) is 0 Å². The summed E-state index contributed by atoms with van der Waals surface area (Å²) in [6.45, 7) is 0.559. The van der Waals surface area contributed by atoms with Crippen molar-refractivity contribution in [2.75, 3.05) is 19.0 Å². The van der Waals surface area contributed by atoms with Crippen LogP contribution in [-0.2, 0) is 6.42 Å². The van der Waals surface area contributed by atoms with Crippen LogP contribution in [0.3, 0.4) is 0 Å². The van der Waals surface area contributed by atoms with E-state index in [2.05, 4.69) is 27.4 Å². The van der Waals surface area contributed by atoms with Gasteiger partial charge in [0.15, 0.2) is 5.82 Å². The number of rotatable bonds is 8. The van der Waals surface area contributed by atoms with E-state index >= 15 is 0 Å². The van der Waals surface area contributed by atoms with E-state index in [9.17, 15) is 0 Å². The predicted molar refractivity (Wildman–Crippen MR) is 139 cm³/mol. The number of benzene rings is 2. The van der Waals surface area contributed by atoms with Gasteiger partial charge in [-0.3, -0.25) is 9.97 Å². The molecule has 0 bridgehead atoms. The highest BCUT2D eigenvalue weighted by molar-refractivity contribution is 5.99. The lowest BCUT2D eigenvalue weighted by Gasteiger charge is -2.17. The number of aromatic nitrogens is 4. The van der Waals surface area contributed by atoms with Crippen LogP contribution in [0.15, 0.2) is 91.4 Å². The van der Waals surface area contributed by atoms with E-state index < -0.39 is 0 Å². The number of nitrogens with zero attached hydrogens (tertiary/aromatic N) is 4. The molecular formula is C28H26N6O. The minimum absolute atomic E-state index is 0.0812. The fourth-order valence-electron chi connectivity index (χ4n) is 4.07. The highest BCUT2D eigenvalue weighted by Gasteiger charge is 2.17. The second kappa shape index (κ2) is 10.3. The van der Waals surface area contributed by atoms with E-state index in [1.54, 1.807) is 25.7 Å². The molecule has 0 saturated carbocycles. The van der Waals surface area contributed by atoms with Crippen molar-refractivity contribution in [2.45, 2.75) is 12.5 Å². The number of nitrogens with one attached hydrogen (secondary N) is 1. The Morgan fingerprint density at radius 3 is 2.46 bits per heavy atom. The highest BCUT2D eigenvalue weighted by Crippen LogP contribution is 2.35. The van der Waals surface area contributed by atoms with Gasteiger partial charge in [-0.25, -0.2) is 9.97 Å². The van der Waals surface area contributed by atoms with Crippen molar-refractivity contribution in [1.29, 1.82) is 0 Å². The van der Waals surface area contributed by atoms with E-state index in [0.717, 1.165) is 39.9 Å². The zero-order valence-electron chi connectivity index (χ0n) is 19.4. The van der Waals surface area contributed by atoms with Crippen LogP contribution in [-0.4, -0.2) is 39.6 Å². The molecule has 0 aliphatic carbocycles. The number of fused-ring (bicyclic) bond motifs is 1. The number of para-hydroxylation sites is 1. The molecule has 3 aromatic heterocycles. The Balaban J connectivity index is 1.57. The minimum Gasteiger partial charge on any atom is -0.496 e. The zero-order chi connectivity index (χ0) is 24.0. The standard InChI is InChI=1S/C28H26N6O/c1-35-24-10-6-5-9-22(24)25-26-23(13-16-31-25)28(34-27(33-26)20-11-14-30-15-12-20)32-18-21(29)17-19-7-3-2-4-8-19/h2-16,21H,17-18,29H2,1H3,(H,32,33,34)/t21-/m0/s1. The number of hydrogen-bond donors (Lipinski definition) is 2. The van der Waals surface area contributed by atoms with Crippen LogP contribution in [0.2, 0.25) is 0 Å². The van der Waals surface area contributed by atoms with Crippen molar-refractivity contribution in [3.8, 4) is 28.4 Å². The summed E-state index contributed by atoms with van der Waals surface area (Å²) in [5.41, 5.74) is 10.9. The number of anilines is 1. The number of methoxy groups -OCH3 is 1. The molecule has 3 heterocycles. The van der Waals surface area contributed by atoms with Gasteiger partial charge in [0.05, 0.1) is 7.11 Å². The lowest BCUT2D eigenvalue weighted by Crippen LogP contribution is -2.31. The first-order chi connectivity index (χ1) is 17.2. The molecule has 174 valence electrons. The monoisotopic (exact) mass is 462 g/mol. The van der Waals surface area contributed by atoms with Crippen LogP contribution in [0.5, 0.6) is 5.75 Å². The van der Waals surface area contributed by atoms with Crippen molar-refractivity contribution >= 4 is 16.7 Å². The molecule has 0 radical (unpaired) electrons. The van der Waals surface area contributed by atoms with Gasteiger partial charge in [-0.15, -0.1) is 0 Å². The molecule has 0 spiro atoms. The summed E-state index contributed by atoms with van der Waals surface area (Å²) in [5, 5.41) is 4.34. The Morgan fingerprint density at radius 1 is 0.886 bits per heavy atom. The van der Waals surface area contributed by atoms with Crippen molar-refractivity contribution < 1.29 is 4.74 Å². The second-order valence-electron chi connectivity index (χ2n) is 8.22. The van der Waals surface area contributed by atoms with E-state index in [1.165, 1.54) is 5.56 Å². The maximum atomic E-state index is 6.46. The van der Waals surface area contributed by atoms with Crippen molar-refractivity contribution in [1.82, 2.24) is 19.9 Å². The third-order valence-corrected chi connectivity index (χ3v) is 5.79. The third-order valence-electron chi connectivity index (χ3n) is 5.79. The fraction of sp³-hybridized carbons (Fsp3) is 0.143. The first-order valence-corrected chi connectivity index (χ1v) is 11.5. The molecule has 35 heavy (non-hydrogen) atoms. The van der Waals surface area contributed by atoms with E-state index in [1.807, 2.05) is 60.7 Å². The summed E-state index contributed by atoms with van der Waals surface area (Å²) < 4.78 is 5.61. The molecule has 0 aliphatic rings. The van der Waals surface area contributed by atoms with Crippen LogP contribution >= 0.6 is 0 Å². The van der Waals surface area contributed by atoms with Gasteiger partial charge >= 0.3 is 0 Å². The maximum absolute atomic E-state index is 6.46. The summed E-state index contributed by atoms with van der Waals surface area (Å²) in [6.07, 6.45) is 6.00. The van der Waals surface area contributed by atoms with Gasteiger partial charge < -0.3 is 15.8 Å². The first-order valence-electron chi connectivity index (χ1n) is 11.5. The molecule has 3 N–H and O–H groups in total. The molecular weight excluding hydrogens is 436 g/mol. The van der Waals surface area contributed by atoms with Gasteiger partial charge in [0.1, 0.15) is 22.8 Å². The Bertz CT molecular complexity index is 1430. The van der Waals surface area contributed by atoms with Gasteiger partial charge in [0, 0.05) is 47.7 Å². The number of nitrogens with two attached hydrogens (primary N) is 1. The van der Waals surface area contributed by atoms with Gasteiger partial charge in [0.2, 0.25) is 0 Å². The molecule has 0 saturated heterocycles. The van der Waals surface area contributed by atoms with Gasteiger partial charge in [-0.1, -0.05) is 42.5 Å². The van der Waals surface area contributed by atoms with Crippen molar-refractivity contribution in [3.63, 3.8) is 0 Å². The molecule has 0 fully saturated rings. The van der Waals surface area contributed by atoms with Gasteiger partial charge in [-0.2, -0.15) is 0 Å². The molecule has 5 aromatic rings. The lowest BCUT2D eigenvalue weighted by atomic mass is 10.1. The van der Waals surface area contributed by atoms with Crippen LogP contribution < -0.4 is 15.8 Å². The Morgan fingerprint density at radius 2 is 1.66 bits per heavy atom. The topological polar surface area (TPSA) is 98.8 Å². The van der Waals surface area contributed by atoms with Crippen molar-refractivity contribution in [3.05, 3.63) is 97.0 Å². The van der Waals surface area contributed by atoms with Crippen LogP contribution in [0.25, 0.3) is 33.5 Å². The number of pyridine rings is 2. The van der Waals surface area contributed by atoms with E-state index in [-0.39, 0.29) is 6.04 Å². The average Bonchev–Trinajstić information content (AvgIpc) is 2.92. The third kappa shape index (κ3) is 4.95. The SMILES string of the molecule is COc1ccccc1-c1nccc2c(NC[C@@H](N)Cc3ccccc3)nc(-c3ccncc3)nc12. The maximum Gasteiger partial charge on any atom is 0.162 e. The molecule has 7 heteroatoms. The molecule has 1 atom stereocenters. The summed E-state index contributed by atoms with van der Waals surface area (Å²) in [4.78, 5) is 18.6. The summed E-state index contributed by atoms with van der Waals surface area (Å²) in [7, 11) is 1.66. The zero-order valence-corrected chi connectivity index (χ0v) is 19.4. The smallest absolute Gasteiger partial charge is 0.162 e. The summed E-state index contributed by atoms with van der Waals surface area (Å²) in [6, 6.07) is 23.7. The van der Waals surface area contributed by atoms with E-state index in [4.69, 9.17) is 20.4 Å². The van der Waals surface area contributed by atoms with Crippen molar-refractivity contribution in [2.24, 2.45) is 5.73 Å². The number of ether oxygens (including phenoxy) is 1. The Hall–Kier alpha value is -4.36. The fourth-order valence-corrected chi connectivity index (χ4v) is 4.07. The first kappa shape index (κ1) is 22.4. The van der Waals surface area contributed by atoms with Crippen LogP contribution in [0.1, 0.15) is 5.56 Å². The highest BCUT2D eigenvalue weighted by atomic mass is 16.5. The van der Waals surface area contributed by atoms with E-state index in [0.29, 0.717) is 18.2 Å². The van der Waals surface area contributed by atoms with Crippen LogP contribution in [0, 0.1) is 0 Å². The average molecular weight is 463 g/mol. The molecule has 0 amide bonds. The largest absolute Gasteiger partial charge is 0.496 e. The normalized spacial score (nSPS) is 11.8. The number of hydrogen-bond acceptors (Lipinski definition) is 7. The molecule has 0 unspecified atom stereocenters. The molecule has 7 nitrogen and oxygen atoms in total. The minimum atomic E-state index is -0.0812. The Kier molecular flexibility index (Phi) is 6.59.